The van der Waals surface area contributed by atoms with Gasteiger partial charge in [-0.3, -0.25) is 4.79 Å². The van der Waals surface area contributed by atoms with Gasteiger partial charge in [0.25, 0.3) is 0 Å². The van der Waals surface area contributed by atoms with E-state index in [4.69, 9.17) is 4.74 Å². The molecule has 5 rings (SSSR count). The lowest BCUT2D eigenvalue weighted by Gasteiger charge is -2.58. The van der Waals surface area contributed by atoms with Gasteiger partial charge in [-0.1, -0.05) is 36.4 Å². The maximum atomic E-state index is 12.7. The Labute approximate surface area is 137 Å². The Hall–Kier alpha value is -1.61. The van der Waals surface area contributed by atoms with Gasteiger partial charge >= 0.3 is 5.97 Å². The molecule has 1 N–H and O–H groups in total. The first-order chi connectivity index (χ1) is 11.1. The first kappa shape index (κ1) is 14.9. The summed E-state index contributed by atoms with van der Waals surface area (Å²) in [6, 6.07) is 10.00. The summed E-state index contributed by atoms with van der Waals surface area (Å²) in [5.41, 5.74) is 0.0789. The minimum absolute atomic E-state index is 0.0947. The fraction of sp³-hybridized carbons (Fsp3) is 0.550. The molecule has 3 heteroatoms. The van der Waals surface area contributed by atoms with Gasteiger partial charge in [-0.2, -0.15) is 0 Å². The summed E-state index contributed by atoms with van der Waals surface area (Å²) >= 11 is 0. The van der Waals surface area contributed by atoms with Crippen LogP contribution in [-0.4, -0.2) is 23.3 Å². The number of aliphatic hydroxyl groups is 1. The molecule has 0 amide bonds. The number of esters is 1. The van der Waals surface area contributed by atoms with Crippen molar-refractivity contribution in [3.63, 3.8) is 0 Å². The first-order valence-electron chi connectivity index (χ1n) is 8.68. The second-order valence-corrected chi connectivity index (χ2v) is 7.88. The number of carbonyl (C=O) groups is 1. The largest absolute Gasteiger partial charge is 0.461 e. The molecule has 122 valence electrons. The molecule has 4 fully saturated rings. The van der Waals surface area contributed by atoms with Gasteiger partial charge in [0.1, 0.15) is 6.61 Å². The molecular weight excluding hydrogens is 288 g/mol. The van der Waals surface area contributed by atoms with E-state index in [1.165, 1.54) is 6.42 Å². The van der Waals surface area contributed by atoms with Crippen molar-refractivity contribution in [2.24, 2.45) is 17.3 Å². The maximum Gasteiger partial charge on any atom is 0.312 e. The number of carbonyl (C=O) groups excluding carboxylic acids is 1. The number of rotatable bonds is 4. The molecule has 4 saturated carbocycles. The minimum atomic E-state index is -0.608. The molecular formula is C20H24O3. The SMILES string of the molecule is O=C(OCC=Cc1ccccc1)C12CC3CC(CC(O)(C3)C1)C2. The zero-order valence-electron chi connectivity index (χ0n) is 13.4. The summed E-state index contributed by atoms with van der Waals surface area (Å²) in [5.74, 6) is 0.921. The Bertz CT molecular complexity index is 605. The molecule has 0 radical (unpaired) electrons. The molecule has 23 heavy (non-hydrogen) atoms. The van der Waals surface area contributed by atoms with Crippen LogP contribution in [0.3, 0.4) is 0 Å². The van der Waals surface area contributed by atoms with Crippen LogP contribution in [0.5, 0.6) is 0 Å². The van der Waals surface area contributed by atoms with Crippen LogP contribution in [0.4, 0.5) is 0 Å². The van der Waals surface area contributed by atoms with Crippen LogP contribution in [0, 0.1) is 17.3 Å². The van der Waals surface area contributed by atoms with E-state index in [-0.39, 0.29) is 5.97 Å². The monoisotopic (exact) mass is 312 g/mol. The van der Waals surface area contributed by atoms with Gasteiger partial charge in [0.05, 0.1) is 11.0 Å². The van der Waals surface area contributed by atoms with Crippen LogP contribution in [-0.2, 0) is 9.53 Å². The highest BCUT2D eigenvalue weighted by atomic mass is 16.5. The molecule has 0 aliphatic heterocycles. The second-order valence-electron chi connectivity index (χ2n) is 7.88. The molecule has 1 aromatic rings. The summed E-state index contributed by atoms with van der Waals surface area (Å²) in [5, 5.41) is 10.7. The van der Waals surface area contributed by atoms with Crippen molar-refractivity contribution in [2.75, 3.05) is 6.61 Å². The fourth-order valence-corrected chi connectivity index (χ4v) is 5.48. The Morgan fingerprint density at radius 3 is 2.52 bits per heavy atom. The smallest absolute Gasteiger partial charge is 0.312 e. The van der Waals surface area contributed by atoms with Crippen molar-refractivity contribution in [1.82, 2.24) is 0 Å². The van der Waals surface area contributed by atoms with Gasteiger partial charge < -0.3 is 9.84 Å². The summed E-state index contributed by atoms with van der Waals surface area (Å²) in [4.78, 5) is 12.7. The van der Waals surface area contributed by atoms with Gasteiger partial charge in [0, 0.05) is 0 Å². The highest BCUT2D eigenvalue weighted by molar-refractivity contribution is 5.78. The Morgan fingerprint density at radius 2 is 1.87 bits per heavy atom. The molecule has 4 bridgehead atoms. The normalized spacial score (nSPS) is 38.1. The highest BCUT2D eigenvalue weighted by Crippen LogP contribution is 2.61. The molecule has 4 aliphatic rings. The zero-order chi connectivity index (χ0) is 15.9. The maximum absolute atomic E-state index is 12.7. The Balaban J connectivity index is 1.39. The lowest BCUT2D eigenvalue weighted by molar-refractivity contribution is -0.195. The molecule has 2 unspecified atom stereocenters. The second kappa shape index (κ2) is 5.48. The molecule has 0 aromatic heterocycles. The molecule has 0 spiro atoms. The van der Waals surface area contributed by atoms with E-state index >= 15 is 0 Å². The standard InChI is InChI=1S/C20H24O3/c21-18(23-8-4-7-15-5-2-1-3-6-15)19-10-16-9-17(11-19)13-20(22,12-16)14-19/h1-7,16-17,22H,8-14H2. The minimum Gasteiger partial charge on any atom is -0.461 e. The highest BCUT2D eigenvalue weighted by Gasteiger charge is 2.60. The number of ether oxygens (including phenoxy) is 1. The number of benzene rings is 1. The van der Waals surface area contributed by atoms with Gasteiger partial charge in [0.15, 0.2) is 0 Å². The van der Waals surface area contributed by atoms with Crippen LogP contribution in [0.1, 0.15) is 44.1 Å². The van der Waals surface area contributed by atoms with Crippen molar-refractivity contribution >= 4 is 12.0 Å². The zero-order valence-corrected chi connectivity index (χ0v) is 13.4. The fourth-order valence-electron chi connectivity index (χ4n) is 5.48. The molecule has 4 aliphatic carbocycles. The van der Waals surface area contributed by atoms with E-state index in [0.717, 1.165) is 31.2 Å². The first-order valence-corrected chi connectivity index (χ1v) is 8.68. The van der Waals surface area contributed by atoms with E-state index in [9.17, 15) is 9.90 Å². The Morgan fingerprint density at radius 1 is 1.17 bits per heavy atom. The van der Waals surface area contributed by atoms with Crippen molar-refractivity contribution in [2.45, 2.75) is 44.1 Å². The molecule has 3 nitrogen and oxygen atoms in total. The van der Waals surface area contributed by atoms with E-state index in [1.807, 2.05) is 42.5 Å². The third-order valence-corrected chi connectivity index (χ3v) is 5.88. The average Bonchev–Trinajstić information content (AvgIpc) is 2.50. The van der Waals surface area contributed by atoms with Gasteiger partial charge in [-0.25, -0.2) is 0 Å². The molecule has 0 saturated heterocycles. The summed E-state index contributed by atoms with van der Waals surface area (Å²) in [6.07, 6.45) is 9.24. The quantitative estimate of drug-likeness (QED) is 0.865. The van der Waals surface area contributed by atoms with Gasteiger partial charge in [-0.05, 0) is 62.0 Å². The Kier molecular flexibility index (Phi) is 3.56. The van der Waals surface area contributed by atoms with Crippen molar-refractivity contribution in [3.8, 4) is 0 Å². The summed E-state index contributed by atoms with van der Waals surface area (Å²) < 4.78 is 5.56. The summed E-state index contributed by atoms with van der Waals surface area (Å²) in [7, 11) is 0. The van der Waals surface area contributed by atoms with Crippen LogP contribution in [0.15, 0.2) is 36.4 Å². The van der Waals surface area contributed by atoms with Gasteiger partial charge in [-0.15, -0.1) is 0 Å². The molecule has 0 heterocycles. The average molecular weight is 312 g/mol. The van der Waals surface area contributed by atoms with Crippen molar-refractivity contribution in [1.29, 1.82) is 0 Å². The molecule has 2 atom stereocenters. The predicted molar refractivity (Wildman–Crippen MR) is 88.5 cm³/mol. The predicted octanol–water partition coefficient (Wildman–Crippen LogP) is 3.57. The van der Waals surface area contributed by atoms with Crippen molar-refractivity contribution in [3.05, 3.63) is 42.0 Å². The third-order valence-electron chi connectivity index (χ3n) is 5.88. The van der Waals surface area contributed by atoms with Crippen LogP contribution in [0.25, 0.3) is 6.08 Å². The van der Waals surface area contributed by atoms with E-state index in [2.05, 4.69) is 0 Å². The van der Waals surface area contributed by atoms with Gasteiger partial charge in [0.2, 0.25) is 0 Å². The van der Waals surface area contributed by atoms with E-state index < -0.39 is 11.0 Å². The third kappa shape index (κ3) is 2.83. The summed E-state index contributed by atoms with van der Waals surface area (Å²) in [6.45, 7) is 0.309. The van der Waals surface area contributed by atoms with E-state index in [1.54, 1.807) is 0 Å². The molecule has 1 aromatic carbocycles. The lowest BCUT2D eigenvalue weighted by atomic mass is 9.48. The number of hydrogen-bond acceptors (Lipinski definition) is 3. The van der Waals surface area contributed by atoms with E-state index in [0.29, 0.717) is 24.9 Å². The van der Waals surface area contributed by atoms with Crippen LogP contribution >= 0.6 is 0 Å². The lowest BCUT2D eigenvalue weighted by Crippen LogP contribution is -2.58. The topological polar surface area (TPSA) is 46.5 Å². The van der Waals surface area contributed by atoms with Crippen molar-refractivity contribution < 1.29 is 14.6 Å². The van der Waals surface area contributed by atoms with Crippen LogP contribution < -0.4 is 0 Å². The number of hydrogen-bond donors (Lipinski definition) is 1. The van der Waals surface area contributed by atoms with Crippen LogP contribution in [0.2, 0.25) is 0 Å².